The van der Waals surface area contributed by atoms with Gasteiger partial charge in [-0.15, -0.1) is 0 Å². The van der Waals surface area contributed by atoms with E-state index in [2.05, 4.69) is 71.3 Å². The van der Waals surface area contributed by atoms with Crippen molar-refractivity contribution in [3.05, 3.63) is 168 Å². The molecule has 4 amide bonds. The Balaban J connectivity index is 0.790. The van der Waals surface area contributed by atoms with Crippen molar-refractivity contribution in [3.8, 4) is 0 Å². The van der Waals surface area contributed by atoms with Gasteiger partial charge in [0.15, 0.2) is 0 Å². The highest BCUT2D eigenvalue weighted by Gasteiger charge is 2.18. The van der Waals surface area contributed by atoms with Crippen LogP contribution in [0.25, 0.3) is 21.5 Å². The molecule has 6 rings (SSSR count). The zero-order valence-corrected chi connectivity index (χ0v) is 39.4. The summed E-state index contributed by atoms with van der Waals surface area (Å²) in [7, 11) is 3.36. The standard InChI is InChI=1S/C54H62N4O6S2/c59-51(25-9-3-15-33-57(53(61)63-41-43-17-5-1-6-18-43)39-45-27-29-47-21-11-13-23-49(47)37-45)55-31-35-65-66-36-32-56-52(60)26-10-4-16-34-58(54(62)64-42-44-19-7-2-8-20-44)40-46-28-30-48-22-12-14-24-50(48)38-46/h1-2,5-8,11-14,17-24,27-30,37-38H,3-4,9-10,15-16,25-26,31-36,39-42H2,(H,55,59)(H,56,60). The molecule has 10 nitrogen and oxygen atoms in total. The molecule has 0 fully saturated rings. The van der Waals surface area contributed by atoms with Gasteiger partial charge in [0.2, 0.25) is 11.8 Å². The molecule has 0 saturated heterocycles. The minimum Gasteiger partial charge on any atom is -0.445 e. The van der Waals surface area contributed by atoms with Gasteiger partial charge in [-0.05, 0) is 81.6 Å². The van der Waals surface area contributed by atoms with Crippen molar-refractivity contribution in [3.63, 3.8) is 0 Å². The molecule has 0 atom stereocenters. The number of ether oxygens (including phenoxy) is 2. The van der Waals surface area contributed by atoms with Gasteiger partial charge in [-0.3, -0.25) is 9.59 Å². The lowest BCUT2D eigenvalue weighted by Crippen LogP contribution is -2.32. The van der Waals surface area contributed by atoms with Gasteiger partial charge in [-0.25, -0.2) is 9.59 Å². The van der Waals surface area contributed by atoms with Crippen LogP contribution in [-0.2, 0) is 45.4 Å². The van der Waals surface area contributed by atoms with E-state index >= 15 is 0 Å². The summed E-state index contributed by atoms with van der Waals surface area (Å²) >= 11 is 0. The topological polar surface area (TPSA) is 117 Å². The molecule has 0 saturated carbocycles. The van der Waals surface area contributed by atoms with Crippen LogP contribution in [0.4, 0.5) is 9.59 Å². The Morgan fingerprint density at radius 3 is 1.24 bits per heavy atom. The number of nitrogens with one attached hydrogen (secondary N) is 2. The monoisotopic (exact) mass is 926 g/mol. The van der Waals surface area contributed by atoms with E-state index in [0.29, 0.717) is 52.1 Å². The number of hydrogen-bond acceptors (Lipinski definition) is 8. The molecule has 0 aromatic heterocycles. The van der Waals surface area contributed by atoms with Crippen LogP contribution < -0.4 is 10.6 Å². The lowest BCUT2D eigenvalue weighted by atomic mass is 10.1. The average Bonchev–Trinajstić information content (AvgIpc) is 3.35. The molecular weight excluding hydrogens is 865 g/mol. The molecule has 0 aliphatic heterocycles. The summed E-state index contributed by atoms with van der Waals surface area (Å²) in [5, 5.41) is 10.6. The number of amides is 4. The maximum absolute atomic E-state index is 13.2. The fraction of sp³-hybridized carbons (Fsp3) is 0.333. The number of benzene rings is 6. The van der Waals surface area contributed by atoms with Crippen LogP contribution in [-0.4, -0.2) is 71.5 Å². The van der Waals surface area contributed by atoms with E-state index in [1.54, 1.807) is 31.4 Å². The van der Waals surface area contributed by atoms with E-state index < -0.39 is 0 Å². The second kappa shape index (κ2) is 28.1. The fourth-order valence-electron chi connectivity index (χ4n) is 7.49. The second-order valence-corrected chi connectivity index (χ2v) is 19.0. The molecule has 66 heavy (non-hydrogen) atoms. The fourth-order valence-corrected chi connectivity index (χ4v) is 9.31. The predicted octanol–water partition coefficient (Wildman–Crippen LogP) is 11.7. The molecule has 0 bridgehead atoms. The Bertz CT molecular complexity index is 2250. The Hall–Kier alpha value is -5.98. The average molecular weight is 927 g/mol. The number of unbranched alkanes of at least 4 members (excludes halogenated alkanes) is 4. The number of carbonyl (C=O) groups excluding carboxylic acids is 4. The van der Waals surface area contributed by atoms with E-state index in [4.69, 9.17) is 9.47 Å². The minimum atomic E-state index is -0.345. The van der Waals surface area contributed by atoms with E-state index in [1.807, 2.05) is 84.9 Å². The van der Waals surface area contributed by atoms with Gasteiger partial charge in [0.1, 0.15) is 13.2 Å². The largest absolute Gasteiger partial charge is 0.445 e. The Morgan fingerprint density at radius 1 is 0.424 bits per heavy atom. The van der Waals surface area contributed by atoms with E-state index in [9.17, 15) is 19.2 Å². The lowest BCUT2D eigenvalue weighted by molar-refractivity contribution is -0.121. The zero-order chi connectivity index (χ0) is 46.0. The van der Waals surface area contributed by atoms with Gasteiger partial charge in [0, 0.05) is 63.6 Å². The summed E-state index contributed by atoms with van der Waals surface area (Å²) in [6.07, 6.45) is 4.85. The molecule has 0 spiro atoms. The van der Waals surface area contributed by atoms with Crippen molar-refractivity contribution in [2.24, 2.45) is 0 Å². The maximum Gasteiger partial charge on any atom is 0.410 e. The summed E-state index contributed by atoms with van der Waals surface area (Å²) in [5.41, 5.74) is 3.97. The smallest absolute Gasteiger partial charge is 0.410 e. The van der Waals surface area contributed by atoms with Crippen molar-refractivity contribution in [1.82, 2.24) is 20.4 Å². The molecule has 0 aliphatic rings. The van der Waals surface area contributed by atoms with Crippen LogP contribution in [0.1, 0.15) is 73.6 Å². The molecular formula is C54H62N4O6S2. The summed E-state index contributed by atoms with van der Waals surface area (Å²) in [5.74, 6) is 1.61. The first-order valence-corrected chi connectivity index (χ1v) is 25.5. The summed E-state index contributed by atoms with van der Waals surface area (Å²) in [6, 6.07) is 48.3. The number of fused-ring (bicyclic) bond motifs is 2. The van der Waals surface area contributed by atoms with Crippen molar-refractivity contribution < 1.29 is 28.7 Å². The van der Waals surface area contributed by atoms with Crippen molar-refractivity contribution >= 4 is 67.1 Å². The second-order valence-electron chi connectivity index (χ2n) is 16.3. The highest BCUT2D eigenvalue weighted by Crippen LogP contribution is 2.21. The summed E-state index contributed by atoms with van der Waals surface area (Å²) in [4.78, 5) is 55.0. The SMILES string of the molecule is O=C(CCCCCN(Cc1ccc2ccccc2c1)C(=O)OCc1ccccc1)NCCSSCCNC(=O)CCCCCN(Cc1ccc2ccccc2c1)C(=O)OCc1ccccc1. The van der Waals surface area contributed by atoms with Gasteiger partial charge >= 0.3 is 12.2 Å². The molecule has 346 valence electrons. The van der Waals surface area contributed by atoms with E-state index in [0.717, 1.165) is 93.8 Å². The summed E-state index contributed by atoms with van der Waals surface area (Å²) < 4.78 is 11.4. The highest BCUT2D eigenvalue weighted by molar-refractivity contribution is 8.76. The first-order valence-electron chi connectivity index (χ1n) is 23.0. The van der Waals surface area contributed by atoms with Gasteiger partial charge in [0.05, 0.1) is 0 Å². The third kappa shape index (κ3) is 17.8. The van der Waals surface area contributed by atoms with Gasteiger partial charge in [0.25, 0.3) is 0 Å². The van der Waals surface area contributed by atoms with E-state index in [1.165, 1.54) is 0 Å². The van der Waals surface area contributed by atoms with Crippen molar-refractivity contribution in [1.29, 1.82) is 0 Å². The highest BCUT2D eigenvalue weighted by atomic mass is 33.1. The van der Waals surface area contributed by atoms with Crippen LogP contribution in [0.15, 0.2) is 146 Å². The molecule has 6 aromatic rings. The lowest BCUT2D eigenvalue weighted by Gasteiger charge is -2.22. The van der Waals surface area contributed by atoms with Crippen LogP contribution in [0.3, 0.4) is 0 Å². The summed E-state index contributed by atoms with van der Waals surface area (Å²) in [6.45, 7) is 3.59. The first kappa shape index (κ1) is 49.5. The quantitative estimate of drug-likeness (QED) is 0.0387. The molecule has 12 heteroatoms. The molecule has 2 N–H and O–H groups in total. The van der Waals surface area contributed by atoms with Crippen LogP contribution >= 0.6 is 21.6 Å². The predicted molar refractivity (Wildman–Crippen MR) is 270 cm³/mol. The Morgan fingerprint density at radius 2 is 0.818 bits per heavy atom. The number of rotatable bonds is 27. The normalized spacial score (nSPS) is 11.0. The van der Waals surface area contributed by atoms with Crippen LogP contribution in [0.2, 0.25) is 0 Å². The van der Waals surface area contributed by atoms with E-state index in [-0.39, 0.29) is 37.2 Å². The zero-order valence-electron chi connectivity index (χ0n) is 37.7. The molecule has 0 unspecified atom stereocenters. The Labute approximate surface area is 397 Å². The Kier molecular flexibility index (Phi) is 21.1. The maximum atomic E-state index is 13.2. The third-order valence-corrected chi connectivity index (χ3v) is 13.5. The molecule has 0 heterocycles. The van der Waals surface area contributed by atoms with Gasteiger partial charge < -0.3 is 29.9 Å². The molecule has 0 aliphatic carbocycles. The van der Waals surface area contributed by atoms with Crippen molar-refractivity contribution in [2.45, 2.75) is 77.7 Å². The number of carbonyl (C=O) groups is 4. The van der Waals surface area contributed by atoms with Crippen LogP contribution in [0, 0.1) is 0 Å². The van der Waals surface area contributed by atoms with Crippen molar-refractivity contribution in [2.75, 3.05) is 37.7 Å². The molecule has 6 aromatic carbocycles. The minimum absolute atomic E-state index is 0.0313. The van der Waals surface area contributed by atoms with Gasteiger partial charge in [-0.2, -0.15) is 0 Å². The van der Waals surface area contributed by atoms with Crippen LogP contribution in [0.5, 0.6) is 0 Å². The number of nitrogens with zero attached hydrogens (tertiary/aromatic N) is 2. The molecule has 0 radical (unpaired) electrons. The third-order valence-electron chi connectivity index (χ3n) is 11.1. The number of hydrogen-bond donors (Lipinski definition) is 2. The van der Waals surface area contributed by atoms with Gasteiger partial charge in [-0.1, -0.05) is 168 Å². The first-order chi connectivity index (χ1) is 32.4.